The van der Waals surface area contributed by atoms with Crippen LogP contribution in [0.3, 0.4) is 0 Å². The summed E-state index contributed by atoms with van der Waals surface area (Å²) in [7, 11) is 0. The van der Waals surface area contributed by atoms with Crippen molar-refractivity contribution in [2.45, 2.75) is 13.3 Å². The Kier molecular flexibility index (Phi) is 4.03. The van der Waals surface area contributed by atoms with Crippen LogP contribution in [0.4, 0.5) is 5.69 Å². The number of aryl methyl sites for hydroxylation is 1. The topological polar surface area (TPSA) is 12.0 Å². The molecular weight excluding hydrogens is 226 g/mol. The lowest BCUT2D eigenvalue weighted by Crippen LogP contribution is -1.99. The highest BCUT2D eigenvalue weighted by Gasteiger charge is 1.95. The number of hydrogen-bond acceptors (Lipinski definition) is 1. The molecule has 1 aromatic carbocycles. The molecule has 13 heavy (non-hydrogen) atoms. The van der Waals surface area contributed by atoms with Gasteiger partial charge in [-0.2, -0.15) is 0 Å². The fraction of sp³-hybridized carbons (Fsp3) is 0.273. The second kappa shape index (κ2) is 5.07. The molecule has 70 valence electrons. The SMILES string of the molecule is C=CCCNc1ccc(C)c(Br)c1. The minimum Gasteiger partial charge on any atom is -0.385 e. The zero-order valence-electron chi connectivity index (χ0n) is 7.81. The van der Waals surface area contributed by atoms with Gasteiger partial charge in [0.25, 0.3) is 0 Å². The molecule has 0 fully saturated rings. The second-order valence-electron chi connectivity index (χ2n) is 2.97. The van der Waals surface area contributed by atoms with Crippen molar-refractivity contribution in [1.82, 2.24) is 0 Å². The molecule has 1 rings (SSSR count). The number of nitrogens with one attached hydrogen (secondary N) is 1. The summed E-state index contributed by atoms with van der Waals surface area (Å²) in [6.45, 7) is 6.70. The molecular formula is C11H14BrN. The van der Waals surface area contributed by atoms with Crippen LogP contribution in [0.15, 0.2) is 35.3 Å². The quantitative estimate of drug-likeness (QED) is 0.624. The molecule has 0 saturated carbocycles. The molecule has 0 spiro atoms. The van der Waals surface area contributed by atoms with Crippen molar-refractivity contribution < 1.29 is 0 Å². The van der Waals surface area contributed by atoms with E-state index in [9.17, 15) is 0 Å². The zero-order chi connectivity index (χ0) is 9.68. The Bertz CT molecular complexity index is 294. The van der Waals surface area contributed by atoms with Gasteiger partial charge in [0.2, 0.25) is 0 Å². The van der Waals surface area contributed by atoms with Gasteiger partial charge in [-0.3, -0.25) is 0 Å². The van der Waals surface area contributed by atoms with E-state index in [0.29, 0.717) is 0 Å². The minimum atomic E-state index is 0.943. The van der Waals surface area contributed by atoms with Gasteiger partial charge in [-0.1, -0.05) is 28.1 Å². The Hall–Kier alpha value is -0.760. The predicted octanol–water partition coefficient (Wildman–Crippen LogP) is 3.75. The van der Waals surface area contributed by atoms with E-state index in [-0.39, 0.29) is 0 Å². The van der Waals surface area contributed by atoms with Crippen molar-refractivity contribution >= 4 is 21.6 Å². The predicted molar refractivity (Wildman–Crippen MR) is 62.2 cm³/mol. The second-order valence-corrected chi connectivity index (χ2v) is 3.82. The summed E-state index contributed by atoms with van der Waals surface area (Å²) >= 11 is 3.49. The molecule has 0 atom stereocenters. The fourth-order valence-corrected chi connectivity index (χ4v) is 1.40. The molecule has 0 amide bonds. The van der Waals surface area contributed by atoms with Gasteiger partial charge in [0.05, 0.1) is 0 Å². The van der Waals surface area contributed by atoms with Gasteiger partial charge in [-0.15, -0.1) is 6.58 Å². The van der Waals surface area contributed by atoms with Gasteiger partial charge in [0.1, 0.15) is 0 Å². The molecule has 0 bridgehead atoms. The summed E-state index contributed by atoms with van der Waals surface area (Å²) in [6, 6.07) is 6.28. The van der Waals surface area contributed by atoms with Crippen LogP contribution in [-0.4, -0.2) is 6.54 Å². The van der Waals surface area contributed by atoms with E-state index in [1.165, 1.54) is 5.56 Å². The Morgan fingerprint density at radius 3 is 2.92 bits per heavy atom. The third-order valence-electron chi connectivity index (χ3n) is 1.85. The standard InChI is InChI=1S/C11H14BrN/c1-3-4-7-13-10-6-5-9(2)11(12)8-10/h3,5-6,8,13H,1,4,7H2,2H3. The summed E-state index contributed by atoms with van der Waals surface area (Å²) in [5.74, 6) is 0. The van der Waals surface area contributed by atoms with E-state index in [0.717, 1.165) is 23.1 Å². The average molecular weight is 240 g/mol. The average Bonchev–Trinajstić information content (AvgIpc) is 2.12. The largest absolute Gasteiger partial charge is 0.385 e. The molecule has 1 nitrogen and oxygen atoms in total. The van der Waals surface area contributed by atoms with Crippen LogP contribution in [0.5, 0.6) is 0 Å². The van der Waals surface area contributed by atoms with Crippen LogP contribution in [0.1, 0.15) is 12.0 Å². The molecule has 0 aliphatic carbocycles. The molecule has 2 heteroatoms. The highest BCUT2D eigenvalue weighted by molar-refractivity contribution is 9.10. The first-order valence-corrected chi connectivity index (χ1v) is 5.14. The van der Waals surface area contributed by atoms with Gasteiger partial charge >= 0.3 is 0 Å². The molecule has 0 heterocycles. The van der Waals surface area contributed by atoms with Gasteiger partial charge < -0.3 is 5.32 Å². The molecule has 0 aromatic heterocycles. The van der Waals surface area contributed by atoms with E-state index < -0.39 is 0 Å². The van der Waals surface area contributed by atoms with Crippen molar-refractivity contribution in [3.8, 4) is 0 Å². The summed E-state index contributed by atoms with van der Waals surface area (Å²) in [6.07, 6.45) is 2.90. The van der Waals surface area contributed by atoms with Crippen molar-refractivity contribution in [3.63, 3.8) is 0 Å². The third kappa shape index (κ3) is 3.23. The monoisotopic (exact) mass is 239 g/mol. The normalized spacial score (nSPS) is 9.69. The summed E-state index contributed by atoms with van der Waals surface area (Å²) in [5.41, 5.74) is 2.41. The highest BCUT2D eigenvalue weighted by Crippen LogP contribution is 2.20. The van der Waals surface area contributed by atoms with Crippen LogP contribution >= 0.6 is 15.9 Å². The van der Waals surface area contributed by atoms with Gasteiger partial charge in [-0.05, 0) is 31.0 Å². The Morgan fingerprint density at radius 1 is 1.54 bits per heavy atom. The number of rotatable bonds is 4. The van der Waals surface area contributed by atoms with Gasteiger partial charge in [0.15, 0.2) is 0 Å². The fourth-order valence-electron chi connectivity index (χ4n) is 1.02. The van der Waals surface area contributed by atoms with E-state index >= 15 is 0 Å². The van der Waals surface area contributed by atoms with Crippen molar-refractivity contribution in [2.75, 3.05) is 11.9 Å². The van der Waals surface area contributed by atoms with Crippen LogP contribution in [0.2, 0.25) is 0 Å². The van der Waals surface area contributed by atoms with Crippen molar-refractivity contribution in [1.29, 1.82) is 0 Å². The van der Waals surface area contributed by atoms with Crippen LogP contribution in [0.25, 0.3) is 0 Å². The molecule has 0 saturated heterocycles. The number of benzene rings is 1. The molecule has 0 unspecified atom stereocenters. The van der Waals surface area contributed by atoms with E-state index in [2.05, 4.69) is 52.9 Å². The maximum absolute atomic E-state index is 3.67. The van der Waals surface area contributed by atoms with E-state index in [1.807, 2.05) is 6.08 Å². The smallest absolute Gasteiger partial charge is 0.0351 e. The number of hydrogen-bond donors (Lipinski definition) is 1. The first-order valence-electron chi connectivity index (χ1n) is 4.35. The summed E-state index contributed by atoms with van der Waals surface area (Å²) < 4.78 is 1.15. The number of halogens is 1. The van der Waals surface area contributed by atoms with Gasteiger partial charge in [0, 0.05) is 16.7 Å². The van der Waals surface area contributed by atoms with E-state index in [4.69, 9.17) is 0 Å². The molecule has 0 aliphatic heterocycles. The Morgan fingerprint density at radius 2 is 2.31 bits per heavy atom. The van der Waals surface area contributed by atoms with Crippen molar-refractivity contribution in [2.24, 2.45) is 0 Å². The maximum atomic E-state index is 3.67. The molecule has 0 aliphatic rings. The lowest BCUT2D eigenvalue weighted by atomic mass is 10.2. The highest BCUT2D eigenvalue weighted by atomic mass is 79.9. The summed E-state index contributed by atoms with van der Waals surface area (Å²) in [4.78, 5) is 0. The summed E-state index contributed by atoms with van der Waals surface area (Å²) in [5, 5.41) is 3.31. The Balaban J connectivity index is 2.57. The first kappa shape index (κ1) is 10.3. The van der Waals surface area contributed by atoms with Gasteiger partial charge in [-0.25, -0.2) is 0 Å². The Labute approximate surface area is 88.0 Å². The minimum absolute atomic E-state index is 0.943. The molecule has 1 aromatic rings. The van der Waals surface area contributed by atoms with Crippen LogP contribution < -0.4 is 5.32 Å². The zero-order valence-corrected chi connectivity index (χ0v) is 9.39. The lowest BCUT2D eigenvalue weighted by Gasteiger charge is -2.06. The third-order valence-corrected chi connectivity index (χ3v) is 2.70. The first-order chi connectivity index (χ1) is 6.24. The molecule has 1 N–H and O–H groups in total. The van der Waals surface area contributed by atoms with Crippen molar-refractivity contribution in [3.05, 3.63) is 40.9 Å². The van der Waals surface area contributed by atoms with E-state index in [1.54, 1.807) is 0 Å². The molecule has 0 radical (unpaired) electrons. The lowest BCUT2D eigenvalue weighted by molar-refractivity contribution is 1.07. The number of anilines is 1. The maximum Gasteiger partial charge on any atom is 0.0351 e. The van der Waals surface area contributed by atoms with Crippen LogP contribution in [0, 0.1) is 6.92 Å². The van der Waals surface area contributed by atoms with Crippen LogP contribution in [-0.2, 0) is 0 Å².